The van der Waals surface area contributed by atoms with Gasteiger partial charge in [0.1, 0.15) is 5.75 Å². The molecular weight excluding hydrogens is 372 g/mol. The first-order chi connectivity index (χ1) is 14.2. The summed E-state index contributed by atoms with van der Waals surface area (Å²) in [5.74, 6) is 2.10. The summed E-state index contributed by atoms with van der Waals surface area (Å²) >= 11 is 0. The number of ether oxygens (including phenoxy) is 1. The van der Waals surface area contributed by atoms with Gasteiger partial charge in [-0.05, 0) is 31.2 Å². The second-order valence-electron chi connectivity index (χ2n) is 6.45. The van der Waals surface area contributed by atoms with E-state index in [0.29, 0.717) is 50.3 Å². The molecule has 0 atom stereocenters. The number of nitrogens with one attached hydrogen (secondary N) is 1. The maximum atomic E-state index is 12.4. The summed E-state index contributed by atoms with van der Waals surface area (Å²) in [6.45, 7) is 4.98. The molecule has 0 aliphatic carbocycles. The van der Waals surface area contributed by atoms with Gasteiger partial charge in [0.05, 0.1) is 24.8 Å². The van der Waals surface area contributed by atoms with Crippen molar-refractivity contribution in [1.29, 1.82) is 0 Å². The van der Waals surface area contributed by atoms with E-state index in [9.17, 15) is 4.79 Å². The molecule has 0 radical (unpaired) electrons. The van der Waals surface area contributed by atoms with Crippen molar-refractivity contribution in [1.82, 2.24) is 20.1 Å². The molecule has 3 aromatic rings. The van der Waals surface area contributed by atoms with E-state index in [4.69, 9.17) is 9.15 Å². The van der Waals surface area contributed by atoms with Crippen molar-refractivity contribution in [2.45, 2.75) is 6.92 Å². The molecule has 9 nitrogen and oxygen atoms in total. The average Bonchev–Trinajstić information content (AvgIpc) is 3.30. The molecule has 2 aromatic heterocycles. The Kier molecular flexibility index (Phi) is 5.55. The zero-order valence-corrected chi connectivity index (χ0v) is 16.1. The van der Waals surface area contributed by atoms with E-state index in [0.717, 1.165) is 11.4 Å². The predicted molar refractivity (Wildman–Crippen MR) is 108 cm³/mol. The van der Waals surface area contributed by atoms with Crippen LogP contribution in [-0.2, 0) is 0 Å². The molecule has 29 heavy (non-hydrogen) atoms. The van der Waals surface area contributed by atoms with E-state index in [1.165, 1.54) is 6.26 Å². The largest absolute Gasteiger partial charge is 0.492 e. The van der Waals surface area contributed by atoms with Gasteiger partial charge in [-0.25, -0.2) is 0 Å². The van der Waals surface area contributed by atoms with Crippen molar-refractivity contribution >= 4 is 23.4 Å². The van der Waals surface area contributed by atoms with E-state index in [2.05, 4.69) is 25.4 Å². The van der Waals surface area contributed by atoms with Gasteiger partial charge in [-0.1, -0.05) is 12.1 Å². The second kappa shape index (κ2) is 8.59. The lowest BCUT2D eigenvalue weighted by atomic mass is 10.3. The molecule has 0 unspecified atom stereocenters. The van der Waals surface area contributed by atoms with Crippen LogP contribution in [0.3, 0.4) is 0 Å². The first-order valence-corrected chi connectivity index (χ1v) is 9.51. The van der Waals surface area contributed by atoms with Crippen LogP contribution in [0.5, 0.6) is 5.75 Å². The molecule has 1 aliphatic heterocycles. The highest BCUT2D eigenvalue weighted by molar-refractivity contribution is 5.91. The van der Waals surface area contributed by atoms with E-state index in [-0.39, 0.29) is 5.91 Å². The molecule has 9 heteroatoms. The average molecular weight is 394 g/mol. The minimum Gasteiger partial charge on any atom is -0.492 e. The van der Waals surface area contributed by atoms with Crippen LogP contribution in [0.25, 0.3) is 0 Å². The van der Waals surface area contributed by atoms with Crippen molar-refractivity contribution in [3.05, 3.63) is 54.6 Å². The molecule has 1 N–H and O–H groups in total. The molecule has 0 spiro atoms. The molecule has 0 bridgehead atoms. The Balaban J connectivity index is 1.41. The fourth-order valence-corrected chi connectivity index (χ4v) is 3.17. The highest BCUT2D eigenvalue weighted by Gasteiger charge is 2.24. The number of hydrogen-bond acceptors (Lipinski definition) is 8. The van der Waals surface area contributed by atoms with Crippen molar-refractivity contribution in [2.24, 2.45) is 0 Å². The lowest BCUT2D eigenvalue weighted by Crippen LogP contribution is -2.49. The van der Waals surface area contributed by atoms with Crippen LogP contribution in [0.1, 0.15) is 17.5 Å². The van der Waals surface area contributed by atoms with Crippen molar-refractivity contribution < 1.29 is 13.9 Å². The van der Waals surface area contributed by atoms with Gasteiger partial charge in [0, 0.05) is 26.2 Å². The summed E-state index contributed by atoms with van der Waals surface area (Å²) in [5.41, 5.74) is 0.780. The Morgan fingerprint density at radius 3 is 2.76 bits per heavy atom. The SMILES string of the molecule is CCOc1ccccc1Nc1nncc(N2CCN(C(=O)c3ccco3)CC2)n1. The predicted octanol–water partition coefficient (Wildman–Crippen LogP) is 2.57. The number of aromatic nitrogens is 3. The molecule has 0 saturated carbocycles. The van der Waals surface area contributed by atoms with Crippen LogP contribution in [0, 0.1) is 0 Å². The fraction of sp³-hybridized carbons (Fsp3) is 0.300. The van der Waals surface area contributed by atoms with Crippen LogP contribution in [-0.4, -0.2) is 58.8 Å². The first-order valence-electron chi connectivity index (χ1n) is 9.51. The highest BCUT2D eigenvalue weighted by Crippen LogP contribution is 2.26. The third-order valence-corrected chi connectivity index (χ3v) is 4.60. The Hall–Kier alpha value is -3.62. The van der Waals surface area contributed by atoms with E-state index < -0.39 is 0 Å². The Morgan fingerprint density at radius 2 is 2.00 bits per heavy atom. The summed E-state index contributed by atoms with van der Waals surface area (Å²) in [7, 11) is 0. The molecular formula is C20H22N6O3. The smallest absolute Gasteiger partial charge is 0.289 e. The summed E-state index contributed by atoms with van der Waals surface area (Å²) in [6, 6.07) is 11.0. The normalized spacial score (nSPS) is 14.0. The van der Waals surface area contributed by atoms with Crippen molar-refractivity contribution in [3.8, 4) is 5.75 Å². The van der Waals surface area contributed by atoms with Crippen LogP contribution >= 0.6 is 0 Å². The third-order valence-electron chi connectivity index (χ3n) is 4.60. The molecule has 3 heterocycles. The number of rotatable bonds is 6. The number of amides is 1. The number of benzene rings is 1. The Labute approximate surface area is 168 Å². The standard InChI is InChI=1S/C20H22N6O3/c1-2-28-16-7-4-3-6-15(16)22-20-23-18(14-21-24-20)25-9-11-26(12-10-25)19(27)17-8-5-13-29-17/h3-8,13-14H,2,9-12H2,1H3,(H,22,23,24). The molecule has 4 rings (SSSR count). The fourth-order valence-electron chi connectivity index (χ4n) is 3.17. The lowest BCUT2D eigenvalue weighted by molar-refractivity contribution is 0.0714. The quantitative estimate of drug-likeness (QED) is 0.681. The van der Waals surface area contributed by atoms with Gasteiger partial charge in [-0.3, -0.25) is 4.79 Å². The summed E-state index contributed by atoms with van der Waals surface area (Å²) < 4.78 is 10.8. The maximum absolute atomic E-state index is 12.4. The third kappa shape index (κ3) is 4.29. The van der Waals surface area contributed by atoms with E-state index >= 15 is 0 Å². The van der Waals surface area contributed by atoms with E-state index in [1.54, 1.807) is 23.2 Å². The van der Waals surface area contributed by atoms with E-state index in [1.807, 2.05) is 31.2 Å². The minimum atomic E-state index is -0.0923. The zero-order chi connectivity index (χ0) is 20.1. The topological polar surface area (TPSA) is 96.6 Å². The van der Waals surface area contributed by atoms with Gasteiger partial charge in [-0.2, -0.15) is 10.1 Å². The molecule has 1 aromatic carbocycles. The van der Waals surface area contributed by atoms with Crippen LogP contribution < -0.4 is 15.0 Å². The van der Waals surface area contributed by atoms with Crippen LogP contribution in [0.2, 0.25) is 0 Å². The lowest BCUT2D eigenvalue weighted by Gasteiger charge is -2.34. The first kappa shape index (κ1) is 18.7. The van der Waals surface area contributed by atoms with Gasteiger partial charge in [0.25, 0.3) is 5.91 Å². The van der Waals surface area contributed by atoms with Crippen molar-refractivity contribution in [3.63, 3.8) is 0 Å². The van der Waals surface area contributed by atoms with Gasteiger partial charge < -0.3 is 24.3 Å². The molecule has 1 fully saturated rings. The summed E-state index contributed by atoms with van der Waals surface area (Å²) in [5, 5.41) is 11.3. The monoisotopic (exact) mass is 394 g/mol. The Bertz CT molecular complexity index is 954. The number of para-hydroxylation sites is 2. The highest BCUT2D eigenvalue weighted by atomic mass is 16.5. The van der Waals surface area contributed by atoms with Crippen LogP contribution in [0.15, 0.2) is 53.3 Å². The Morgan fingerprint density at radius 1 is 1.17 bits per heavy atom. The second-order valence-corrected chi connectivity index (χ2v) is 6.45. The number of carbonyl (C=O) groups is 1. The van der Waals surface area contributed by atoms with Crippen LogP contribution in [0.4, 0.5) is 17.5 Å². The van der Waals surface area contributed by atoms with Crippen molar-refractivity contribution in [2.75, 3.05) is 43.0 Å². The molecule has 1 amide bonds. The summed E-state index contributed by atoms with van der Waals surface area (Å²) in [6.07, 6.45) is 3.14. The van der Waals surface area contributed by atoms with Gasteiger partial charge in [0.2, 0.25) is 5.95 Å². The maximum Gasteiger partial charge on any atom is 0.289 e. The zero-order valence-electron chi connectivity index (χ0n) is 16.1. The number of nitrogens with zero attached hydrogens (tertiary/aromatic N) is 5. The number of hydrogen-bond donors (Lipinski definition) is 1. The van der Waals surface area contributed by atoms with Gasteiger partial charge in [-0.15, -0.1) is 5.10 Å². The molecule has 1 saturated heterocycles. The molecule has 1 aliphatic rings. The van der Waals surface area contributed by atoms with Gasteiger partial charge in [0.15, 0.2) is 11.6 Å². The number of piperazine rings is 1. The minimum absolute atomic E-state index is 0.0923. The summed E-state index contributed by atoms with van der Waals surface area (Å²) in [4.78, 5) is 20.8. The number of furan rings is 1. The van der Waals surface area contributed by atoms with Gasteiger partial charge >= 0.3 is 0 Å². The molecule has 150 valence electrons. The number of carbonyl (C=O) groups excluding carboxylic acids is 1. The number of anilines is 3.